The van der Waals surface area contributed by atoms with Crippen molar-refractivity contribution in [3.8, 4) is 0 Å². The maximum Gasteiger partial charge on any atom is 0.220 e. The molecule has 8 N–H and O–H groups in total. The van der Waals surface area contributed by atoms with Gasteiger partial charge in [-0.15, -0.1) is 0 Å². The van der Waals surface area contributed by atoms with E-state index in [9.17, 15) is 30.3 Å². The summed E-state index contributed by atoms with van der Waals surface area (Å²) in [6.07, 6.45) is 13.7. The van der Waals surface area contributed by atoms with Gasteiger partial charge in [-0.25, -0.2) is 0 Å². The van der Waals surface area contributed by atoms with Gasteiger partial charge < -0.3 is 46.1 Å². The number of aliphatic hydroxyl groups excluding tert-OH is 5. The fourth-order valence-electron chi connectivity index (χ4n) is 8.03. The standard InChI is InChI=1S/C48H80N2O8/c1-2-3-4-5-6-7-8-9-10-11-12-19-24-41(51)45(53)40(50-44(52)25-20-14-13-16-21-37-22-17-15-18-23-37)30-31-42-46(54)48(56)47(55)43(58-42)36-57-35-33-39-28-26-38(27-29-39)32-34-49/h15,17-18,22-23,26-29,40-43,45-48,51,53-56H,2-14,16,19-21,24-25,30-36,49H2,1H3,(H,50,52)/t40-,41+,42+,43?,45-,46?,47-,48+/m0/s1. The van der Waals surface area contributed by atoms with E-state index in [1.807, 2.05) is 30.3 Å². The molecule has 58 heavy (non-hydrogen) atoms. The normalized spacial score (nSPS) is 21.1. The first-order chi connectivity index (χ1) is 28.2. The Morgan fingerprint density at radius 1 is 0.672 bits per heavy atom. The third kappa shape index (κ3) is 20.2. The highest BCUT2D eigenvalue weighted by atomic mass is 16.6. The van der Waals surface area contributed by atoms with Crippen molar-refractivity contribution in [3.63, 3.8) is 0 Å². The van der Waals surface area contributed by atoms with Gasteiger partial charge in [-0.05, 0) is 74.6 Å². The van der Waals surface area contributed by atoms with E-state index in [4.69, 9.17) is 15.2 Å². The molecule has 1 aliphatic heterocycles. The van der Waals surface area contributed by atoms with Crippen molar-refractivity contribution in [2.75, 3.05) is 19.8 Å². The van der Waals surface area contributed by atoms with E-state index < -0.39 is 48.8 Å². The van der Waals surface area contributed by atoms with Crippen molar-refractivity contribution in [1.82, 2.24) is 5.32 Å². The van der Waals surface area contributed by atoms with Crippen LogP contribution in [0.1, 0.15) is 152 Å². The fraction of sp³-hybridized carbons (Fsp3) is 0.729. The number of hydrogen-bond donors (Lipinski definition) is 7. The van der Waals surface area contributed by atoms with Gasteiger partial charge in [-0.1, -0.05) is 151 Å². The van der Waals surface area contributed by atoms with Crippen molar-refractivity contribution >= 4 is 5.91 Å². The molecule has 2 aromatic rings. The molecular weight excluding hydrogens is 733 g/mol. The molecule has 2 aromatic carbocycles. The summed E-state index contributed by atoms with van der Waals surface area (Å²) >= 11 is 0. The molecule has 1 amide bonds. The number of benzene rings is 2. The molecule has 8 atom stereocenters. The van der Waals surface area contributed by atoms with E-state index in [1.165, 1.54) is 68.9 Å². The summed E-state index contributed by atoms with van der Waals surface area (Å²) in [7, 11) is 0. The van der Waals surface area contributed by atoms with Gasteiger partial charge in [0.25, 0.3) is 0 Å². The van der Waals surface area contributed by atoms with Crippen molar-refractivity contribution in [3.05, 3.63) is 71.3 Å². The Labute approximate surface area is 350 Å². The van der Waals surface area contributed by atoms with Crippen LogP contribution < -0.4 is 11.1 Å². The number of hydrogen-bond acceptors (Lipinski definition) is 9. The zero-order chi connectivity index (χ0) is 41.8. The van der Waals surface area contributed by atoms with Gasteiger partial charge in [0, 0.05) is 6.42 Å². The van der Waals surface area contributed by atoms with Gasteiger partial charge in [0.05, 0.1) is 37.6 Å². The molecule has 0 spiro atoms. The van der Waals surface area contributed by atoms with Crippen LogP contribution in [0.2, 0.25) is 0 Å². The molecule has 0 radical (unpaired) electrons. The van der Waals surface area contributed by atoms with Gasteiger partial charge in [0.2, 0.25) is 5.91 Å². The summed E-state index contributed by atoms with van der Waals surface area (Å²) in [6, 6.07) is 17.8. The molecule has 10 heteroatoms. The van der Waals surface area contributed by atoms with Crippen LogP contribution in [0, 0.1) is 0 Å². The molecule has 10 nitrogen and oxygen atoms in total. The number of nitrogens with two attached hydrogens (primary N) is 1. The molecule has 1 saturated heterocycles. The number of aryl methyl sites for hydroxylation is 1. The van der Waals surface area contributed by atoms with Crippen LogP contribution in [-0.4, -0.2) is 100.0 Å². The van der Waals surface area contributed by atoms with Crippen LogP contribution in [0.3, 0.4) is 0 Å². The van der Waals surface area contributed by atoms with Crippen LogP contribution >= 0.6 is 0 Å². The summed E-state index contributed by atoms with van der Waals surface area (Å²) in [6.45, 7) is 3.25. The first-order valence-electron chi connectivity index (χ1n) is 23.0. The SMILES string of the molecule is CCCCCCCCCCCCCC[C@@H](O)[C@@H](O)[C@H](CC[C@H]1OC(COCCc2ccc(CCN)cc2)[C@H](O)[C@H](O)C1O)NC(=O)CCCCCCc1ccccc1. The Balaban J connectivity index is 1.47. The maximum absolute atomic E-state index is 13.2. The zero-order valence-corrected chi connectivity index (χ0v) is 35.7. The summed E-state index contributed by atoms with van der Waals surface area (Å²) < 4.78 is 12.0. The van der Waals surface area contributed by atoms with Gasteiger partial charge in [-0.2, -0.15) is 0 Å². The summed E-state index contributed by atoms with van der Waals surface area (Å²) in [5, 5.41) is 57.9. The molecule has 0 bridgehead atoms. The molecule has 0 aliphatic carbocycles. The second-order valence-electron chi connectivity index (χ2n) is 16.8. The lowest BCUT2D eigenvalue weighted by Gasteiger charge is -2.41. The number of nitrogens with one attached hydrogen (secondary N) is 1. The minimum absolute atomic E-state index is 0.0264. The molecule has 0 saturated carbocycles. The van der Waals surface area contributed by atoms with Gasteiger partial charge in [-0.3, -0.25) is 4.79 Å². The lowest BCUT2D eigenvalue weighted by Crippen LogP contribution is -2.59. The molecule has 330 valence electrons. The Kier molecular flexibility index (Phi) is 26.3. The number of ether oxygens (including phenoxy) is 2. The molecule has 1 heterocycles. The van der Waals surface area contributed by atoms with Crippen LogP contribution in [0.4, 0.5) is 0 Å². The van der Waals surface area contributed by atoms with Crippen molar-refractivity contribution in [1.29, 1.82) is 0 Å². The zero-order valence-electron chi connectivity index (χ0n) is 35.7. The summed E-state index contributed by atoms with van der Waals surface area (Å²) in [4.78, 5) is 13.2. The topological polar surface area (TPSA) is 175 Å². The van der Waals surface area contributed by atoms with E-state index in [0.29, 0.717) is 32.4 Å². The van der Waals surface area contributed by atoms with E-state index in [1.54, 1.807) is 0 Å². The van der Waals surface area contributed by atoms with Crippen molar-refractivity contribution in [2.24, 2.45) is 5.73 Å². The second-order valence-corrected chi connectivity index (χ2v) is 16.8. The van der Waals surface area contributed by atoms with Crippen LogP contribution in [-0.2, 0) is 33.5 Å². The second kappa shape index (κ2) is 30.6. The predicted octanol–water partition coefficient (Wildman–Crippen LogP) is 6.87. The first-order valence-corrected chi connectivity index (χ1v) is 23.0. The predicted molar refractivity (Wildman–Crippen MR) is 233 cm³/mol. The van der Waals surface area contributed by atoms with Crippen molar-refractivity contribution < 1.29 is 39.8 Å². The van der Waals surface area contributed by atoms with Crippen LogP contribution in [0.15, 0.2) is 54.6 Å². The molecule has 1 fully saturated rings. The number of carbonyl (C=O) groups excluding carboxylic acids is 1. The monoisotopic (exact) mass is 813 g/mol. The molecule has 1 aliphatic rings. The average molecular weight is 813 g/mol. The highest BCUT2D eigenvalue weighted by Crippen LogP contribution is 2.26. The lowest BCUT2D eigenvalue weighted by molar-refractivity contribution is -0.234. The minimum Gasteiger partial charge on any atom is -0.390 e. The van der Waals surface area contributed by atoms with Crippen LogP contribution in [0.5, 0.6) is 0 Å². The lowest BCUT2D eigenvalue weighted by atomic mass is 9.90. The molecular formula is C48H80N2O8. The third-order valence-electron chi connectivity index (χ3n) is 11.8. The Morgan fingerprint density at radius 3 is 1.86 bits per heavy atom. The maximum atomic E-state index is 13.2. The quantitative estimate of drug-likeness (QED) is 0.0380. The largest absolute Gasteiger partial charge is 0.390 e. The summed E-state index contributed by atoms with van der Waals surface area (Å²) in [5.74, 6) is -0.189. The number of amides is 1. The summed E-state index contributed by atoms with van der Waals surface area (Å²) in [5.41, 5.74) is 9.25. The smallest absolute Gasteiger partial charge is 0.220 e. The first kappa shape index (κ1) is 49.9. The van der Waals surface area contributed by atoms with E-state index in [2.05, 4.69) is 36.5 Å². The van der Waals surface area contributed by atoms with Gasteiger partial charge >= 0.3 is 0 Å². The molecule has 2 unspecified atom stereocenters. The Hall–Kier alpha value is -2.41. The number of carbonyl (C=O) groups is 1. The van der Waals surface area contributed by atoms with E-state index >= 15 is 0 Å². The minimum atomic E-state index is -1.45. The molecule has 3 rings (SSSR count). The Morgan fingerprint density at radius 2 is 1.22 bits per heavy atom. The van der Waals surface area contributed by atoms with Crippen molar-refractivity contribution in [2.45, 2.75) is 203 Å². The fourth-order valence-corrected chi connectivity index (χ4v) is 8.03. The number of aliphatic hydroxyl groups is 5. The number of rotatable bonds is 33. The number of unbranched alkanes of at least 4 members (excludes halogenated alkanes) is 14. The van der Waals surface area contributed by atoms with Crippen LogP contribution in [0.25, 0.3) is 0 Å². The highest BCUT2D eigenvalue weighted by Gasteiger charge is 2.44. The van der Waals surface area contributed by atoms with E-state index in [0.717, 1.165) is 63.4 Å². The average Bonchev–Trinajstić information content (AvgIpc) is 3.23. The van der Waals surface area contributed by atoms with Gasteiger partial charge in [0.1, 0.15) is 24.4 Å². The van der Waals surface area contributed by atoms with E-state index in [-0.39, 0.29) is 25.4 Å². The van der Waals surface area contributed by atoms with Gasteiger partial charge in [0.15, 0.2) is 0 Å². The third-order valence-corrected chi connectivity index (χ3v) is 11.8. The highest BCUT2D eigenvalue weighted by molar-refractivity contribution is 5.76. The molecule has 0 aromatic heterocycles. The Bertz CT molecular complexity index is 1300.